The average Bonchev–Trinajstić information content (AvgIpc) is 2.99. The van der Waals surface area contributed by atoms with Crippen molar-refractivity contribution in [3.63, 3.8) is 0 Å². The summed E-state index contributed by atoms with van der Waals surface area (Å²) < 4.78 is 5.58. The Morgan fingerprint density at radius 3 is 2.17 bits per heavy atom. The average molecular weight is 570 g/mol. The molecule has 0 aliphatic rings. The summed E-state index contributed by atoms with van der Waals surface area (Å²) in [6.07, 6.45) is 6.85. The monoisotopic (exact) mass is 569 g/mol. The Labute approximate surface area is 255 Å². The van der Waals surface area contributed by atoms with Crippen molar-refractivity contribution in [2.75, 3.05) is 7.11 Å². The van der Waals surface area contributed by atoms with Crippen molar-refractivity contribution in [3.05, 3.63) is 115 Å². The Morgan fingerprint density at radius 2 is 1.60 bits per heavy atom. The van der Waals surface area contributed by atoms with Crippen LogP contribution >= 0.6 is 0 Å². The number of nitrogens with one attached hydrogen (secondary N) is 1. The fourth-order valence-corrected chi connectivity index (χ4v) is 4.77. The maximum Gasteiger partial charge on any atom is 0.224 e. The Balaban J connectivity index is 0.00000290. The molecule has 0 radical (unpaired) electrons. The topological polar surface area (TPSA) is 55.4 Å². The molecule has 0 saturated heterocycles. The Kier molecular flexibility index (Phi) is 14.3. The van der Waals surface area contributed by atoms with E-state index >= 15 is 0 Å². The lowest BCUT2D eigenvalue weighted by molar-refractivity contribution is -0.121. The highest BCUT2D eigenvalue weighted by atomic mass is 16.5. The van der Waals surface area contributed by atoms with Crippen LogP contribution in [0.3, 0.4) is 0 Å². The maximum atomic E-state index is 13.1. The van der Waals surface area contributed by atoms with Gasteiger partial charge in [0, 0.05) is 21.2 Å². The van der Waals surface area contributed by atoms with E-state index in [9.17, 15) is 9.59 Å². The number of ketones is 1. The molecule has 0 aromatic heterocycles. The molecule has 0 saturated carbocycles. The van der Waals surface area contributed by atoms with E-state index in [1.54, 1.807) is 13.2 Å². The van der Waals surface area contributed by atoms with Gasteiger partial charge in [-0.3, -0.25) is 9.59 Å². The first kappa shape index (κ1) is 34.1. The molecule has 0 heterocycles. The second-order valence-corrected chi connectivity index (χ2v) is 11.1. The predicted octanol–water partition coefficient (Wildman–Crippen LogP) is 9.37. The molecule has 4 nitrogen and oxygen atoms in total. The molecule has 3 aromatic rings. The summed E-state index contributed by atoms with van der Waals surface area (Å²) in [5.74, 6) is 1.04. The van der Waals surface area contributed by atoms with Crippen molar-refractivity contribution < 1.29 is 17.2 Å². The Hall–Kier alpha value is -4.14. The highest BCUT2D eigenvalue weighted by molar-refractivity contribution is 5.91. The van der Waals surface area contributed by atoms with Crippen LogP contribution in [0.4, 0.5) is 0 Å². The van der Waals surface area contributed by atoms with Gasteiger partial charge in [-0.2, -0.15) is 0 Å². The summed E-state index contributed by atoms with van der Waals surface area (Å²) in [5, 5.41) is 5.70. The largest absolute Gasteiger partial charge is 0.501 e. The van der Waals surface area contributed by atoms with Crippen LogP contribution in [-0.2, 0) is 20.7 Å². The number of carbonyl (C=O) groups is 2. The van der Waals surface area contributed by atoms with Gasteiger partial charge in [-0.25, -0.2) is 0 Å². The van der Waals surface area contributed by atoms with Crippen LogP contribution in [-0.4, -0.2) is 24.8 Å². The third-order valence-corrected chi connectivity index (χ3v) is 7.22. The van der Waals surface area contributed by atoms with Crippen LogP contribution in [0.2, 0.25) is 0 Å². The predicted molar refractivity (Wildman–Crippen MR) is 181 cm³/mol. The molecule has 1 amide bonds. The zero-order valence-electron chi connectivity index (χ0n) is 26.2. The van der Waals surface area contributed by atoms with Gasteiger partial charge in [-0.1, -0.05) is 102 Å². The SMILES string of the molecule is C=C=CC.C=CC(=O)C(C)C/C(=C/C(C)C(CC(C)C)NC(=O)Cc1ccc(-c2ccc3ccccc3c2)cc1)OC.[HH].[HH]. The van der Waals surface area contributed by atoms with Crippen LogP contribution in [0, 0.1) is 17.8 Å². The summed E-state index contributed by atoms with van der Waals surface area (Å²) >= 11 is 0. The van der Waals surface area contributed by atoms with Crippen LogP contribution in [0.15, 0.2) is 110 Å². The number of hydrogen-bond donors (Lipinski definition) is 1. The minimum Gasteiger partial charge on any atom is -0.501 e. The van der Waals surface area contributed by atoms with E-state index in [1.165, 1.54) is 16.8 Å². The standard InChI is InChI=1S/C34H41NO3.C4H6.2H2/c1-7-33(36)25(5)20-31(38-6)19-24(4)32(18-23(2)3)35-34(37)21-26-12-14-28(15-13-26)30-17-16-27-10-8-9-11-29(27)22-30;1-3-4-2;;/h7-17,19,22-25,32H,1,18,20-21H2,2-6H3,(H,35,37);4H,1H2,2H3;2*1H/b31-19-;;;. The first-order valence-electron chi connectivity index (χ1n) is 14.7. The second-order valence-electron chi connectivity index (χ2n) is 11.1. The number of carbonyl (C=O) groups excluding carboxylic acids is 2. The van der Waals surface area contributed by atoms with Crippen molar-refractivity contribution >= 4 is 22.5 Å². The smallest absolute Gasteiger partial charge is 0.224 e. The third-order valence-electron chi connectivity index (χ3n) is 7.22. The van der Waals surface area contributed by atoms with Crippen molar-refractivity contribution in [2.45, 2.75) is 59.9 Å². The fraction of sp³-hybridized carbons (Fsp3) is 0.342. The van der Waals surface area contributed by atoms with Gasteiger partial charge in [0.05, 0.1) is 19.3 Å². The second kappa shape index (κ2) is 17.6. The van der Waals surface area contributed by atoms with Crippen molar-refractivity contribution in [1.82, 2.24) is 5.32 Å². The molecule has 4 heteroatoms. The highest BCUT2D eigenvalue weighted by Gasteiger charge is 2.21. The lowest BCUT2D eigenvalue weighted by Crippen LogP contribution is -2.40. The molecule has 42 heavy (non-hydrogen) atoms. The van der Waals surface area contributed by atoms with E-state index in [-0.39, 0.29) is 32.4 Å². The van der Waals surface area contributed by atoms with Crippen LogP contribution in [0.25, 0.3) is 21.9 Å². The van der Waals surface area contributed by atoms with Crippen molar-refractivity contribution in [2.24, 2.45) is 17.8 Å². The van der Waals surface area contributed by atoms with Gasteiger partial charge >= 0.3 is 0 Å². The first-order valence-corrected chi connectivity index (χ1v) is 14.7. The van der Waals surface area contributed by atoms with E-state index in [1.807, 2.05) is 38.1 Å². The molecule has 3 unspecified atom stereocenters. The lowest BCUT2D eigenvalue weighted by Gasteiger charge is -2.26. The van der Waals surface area contributed by atoms with Crippen LogP contribution < -0.4 is 5.32 Å². The molecule has 226 valence electrons. The molecule has 0 fully saturated rings. The van der Waals surface area contributed by atoms with Crippen molar-refractivity contribution in [1.29, 1.82) is 0 Å². The molecule has 3 rings (SSSR count). The summed E-state index contributed by atoms with van der Waals surface area (Å²) in [6, 6.07) is 23.0. The Bertz CT molecular complexity index is 1410. The van der Waals surface area contributed by atoms with E-state index < -0.39 is 0 Å². The van der Waals surface area contributed by atoms with E-state index in [2.05, 4.69) is 93.5 Å². The number of hydrogen-bond acceptors (Lipinski definition) is 3. The number of rotatable bonds is 13. The van der Waals surface area contributed by atoms with Gasteiger partial charge < -0.3 is 10.1 Å². The molecule has 0 aliphatic carbocycles. The van der Waals surface area contributed by atoms with E-state index in [0.717, 1.165) is 28.9 Å². The van der Waals surface area contributed by atoms with E-state index in [4.69, 9.17) is 4.74 Å². The van der Waals surface area contributed by atoms with Gasteiger partial charge in [0.15, 0.2) is 5.78 Å². The van der Waals surface area contributed by atoms with Gasteiger partial charge in [-0.15, -0.1) is 5.73 Å². The number of amides is 1. The van der Waals surface area contributed by atoms with Gasteiger partial charge in [0.2, 0.25) is 5.91 Å². The molecule has 0 aliphatic heterocycles. The Morgan fingerprint density at radius 1 is 0.976 bits per heavy atom. The lowest BCUT2D eigenvalue weighted by atomic mass is 9.91. The molecular formula is C38H51NO3. The van der Waals surface area contributed by atoms with Crippen molar-refractivity contribution in [3.8, 4) is 11.1 Å². The van der Waals surface area contributed by atoms with E-state index in [0.29, 0.717) is 18.8 Å². The summed E-state index contributed by atoms with van der Waals surface area (Å²) in [5.41, 5.74) is 5.83. The van der Waals surface area contributed by atoms with Crippen LogP contribution in [0.1, 0.15) is 55.9 Å². The molecule has 0 bridgehead atoms. The van der Waals surface area contributed by atoms with Crippen LogP contribution in [0.5, 0.6) is 0 Å². The summed E-state index contributed by atoms with van der Waals surface area (Å²) in [6.45, 7) is 17.0. The third kappa shape index (κ3) is 11.0. The van der Waals surface area contributed by atoms with Gasteiger partial charge in [-0.05, 0) is 76.9 Å². The minimum absolute atomic E-state index is 0. The summed E-state index contributed by atoms with van der Waals surface area (Å²) in [7, 11) is 1.63. The van der Waals surface area contributed by atoms with Gasteiger partial charge in [0.25, 0.3) is 0 Å². The fourth-order valence-electron chi connectivity index (χ4n) is 4.77. The highest BCUT2D eigenvalue weighted by Crippen LogP contribution is 2.25. The number of benzene rings is 3. The quantitative estimate of drug-likeness (QED) is 0.127. The number of fused-ring (bicyclic) bond motifs is 1. The molecular weight excluding hydrogens is 518 g/mol. The summed E-state index contributed by atoms with van der Waals surface area (Å²) in [4.78, 5) is 25.0. The molecule has 3 aromatic carbocycles. The number of methoxy groups -OCH3 is 1. The number of ether oxygens (including phenoxy) is 1. The molecule has 0 spiro atoms. The first-order chi connectivity index (χ1) is 20.1. The minimum atomic E-state index is -0.193. The van der Waals surface area contributed by atoms with Gasteiger partial charge in [0.1, 0.15) is 0 Å². The molecule has 1 N–H and O–H groups in total. The normalized spacial score (nSPS) is 13.2. The zero-order chi connectivity index (χ0) is 31.1. The molecule has 3 atom stereocenters. The number of allylic oxidation sites excluding steroid dienone is 3. The maximum absolute atomic E-state index is 13.1. The zero-order valence-corrected chi connectivity index (χ0v) is 26.2.